The third-order valence-electron chi connectivity index (χ3n) is 1.86. The maximum absolute atomic E-state index is 10.5. The molecule has 1 aromatic carbocycles. The predicted octanol–water partition coefficient (Wildman–Crippen LogP) is 3.72. The summed E-state index contributed by atoms with van der Waals surface area (Å²) in [7, 11) is 0. The lowest BCUT2D eigenvalue weighted by Gasteiger charge is -2.13. The second kappa shape index (κ2) is 6.19. The Hall–Kier alpha value is -0.840. The largest absolute Gasteiger partial charge is 0.373 e. The van der Waals surface area contributed by atoms with Gasteiger partial charge in [0.05, 0.1) is 23.8 Å². The molecule has 0 spiro atoms. The van der Waals surface area contributed by atoms with E-state index in [2.05, 4.69) is 12.2 Å². The van der Waals surface area contributed by atoms with Crippen LogP contribution in [0.2, 0.25) is 0 Å². The van der Waals surface area contributed by atoms with Crippen molar-refractivity contribution in [1.29, 1.82) is 0 Å². The van der Waals surface area contributed by atoms with Gasteiger partial charge in [-0.15, -0.1) is 0 Å². The molecular formula is C10H15NO4PS+. The summed E-state index contributed by atoms with van der Waals surface area (Å²) < 4.78 is 11.0. The van der Waals surface area contributed by atoms with Crippen LogP contribution in [0.25, 0.3) is 0 Å². The second-order valence-corrected chi connectivity index (χ2v) is 7.71. The highest BCUT2D eigenvalue weighted by molar-refractivity contribution is 8.49. The van der Waals surface area contributed by atoms with Crippen molar-refractivity contribution in [1.82, 2.24) is 0 Å². The SMILES string of the molecule is CCCO[P+](C)(S)Oc1ccc([N+](=O)[O-])cc1. The predicted molar refractivity (Wildman–Crippen MR) is 71.8 cm³/mol. The number of non-ortho nitro benzene ring substituents is 1. The molecule has 17 heavy (non-hydrogen) atoms. The lowest BCUT2D eigenvalue weighted by Crippen LogP contribution is -2.00. The third-order valence-corrected chi connectivity index (χ3v) is 3.66. The van der Waals surface area contributed by atoms with Gasteiger partial charge in [-0.2, -0.15) is 4.52 Å². The first-order valence-corrected chi connectivity index (χ1v) is 8.35. The van der Waals surface area contributed by atoms with Crippen LogP contribution in [-0.2, 0) is 4.52 Å². The zero-order valence-electron chi connectivity index (χ0n) is 9.70. The molecule has 0 fully saturated rings. The standard InChI is InChI=1S/C10H15NO4PS/c1-3-8-14-16(2,17)15-10-6-4-9(5-7-10)11(12)13/h4-7,17H,3,8H2,1-2H3/q+1. The smallest absolute Gasteiger partial charge is 0.308 e. The van der Waals surface area contributed by atoms with Crippen molar-refractivity contribution in [2.75, 3.05) is 13.3 Å². The summed E-state index contributed by atoms with van der Waals surface area (Å²) in [5.41, 5.74) is 0.0334. The average molecular weight is 276 g/mol. The molecule has 0 bridgehead atoms. The Morgan fingerprint density at radius 3 is 2.47 bits per heavy atom. The molecule has 0 saturated heterocycles. The molecule has 0 radical (unpaired) electrons. The van der Waals surface area contributed by atoms with Crippen LogP contribution < -0.4 is 4.52 Å². The van der Waals surface area contributed by atoms with E-state index in [1.165, 1.54) is 12.1 Å². The van der Waals surface area contributed by atoms with E-state index in [0.717, 1.165) is 6.42 Å². The maximum atomic E-state index is 10.5. The summed E-state index contributed by atoms with van der Waals surface area (Å²) in [6.45, 7) is 2.17. The van der Waals surface area contributed by atoms with Gasteiger partial charge in [0.2, 0.25) is 0 Å². The van der Waals surface area contributed by atoms with Gasteiger partial charge in [-0.3, -0.25) is 10.1 Å². The summed E-state index contributed by atoms with van der Waals surface area (Å²) in [5.74, 6) is 0.525. The highest BCUT2D eigenvalue weighted by atomic mass is 32.7. The number of rotatable bonds is 6. The molecule has 7 heteroatoms. The number of nitrogens with zero attached hydrogens (tertiary/aromatic N) is 1. The first-order valence-electron chi connectivity index (χ1n) is 5.12. The number of nitro benzene ring substituents is 1. The normalized spacial score (nSPS) is 14.1. The Morgan fingerprint density at radius 1 is 1.41 bits per heavy atom. The highest BCUT2D eigenvalue weighted by Crippen LogP contribution is 2.61. The van der Waals surface area contributed by atoms with E-state index in [0.29, 0.717) is 12.4 Å². The first kappa shape index (κ1) is 14.2. The quantitative estimate of drug-likeness (QED) is 0.372. The molecule has 1 aromatic rings. The van der Waals surface area contributed by atoms with Crippen molar-refractivity contribution in [2.24, 2.45) is 0 Å². The minimum atomic E-state index is -2.20. The van der Waals surface area contributed by atoms with E-state index in [4.69, 9.17) is 9.05 Å². The number of thiol groups is 1. The Morgan fingerprint density at radius 2 is 2.00 bits per heavy atom. The molecule has 0 aliphatic heterocycles. The van der Waals surface area contributed by atoms with Gasteiger partial charge >= 0.3 is 6.92 Å². The number of hydrogen-bond acceptors (Lipinski definition) is 5. The van der Waals surface area contributed by atoms with Crippen molar-refractivity contribution in [2.45, 2.75) is 13.3 Å². The minimum Gasteiger partial charge on any atom is -0.308 e. The van der Waals surface area contributed by atoms with E-state index in [-0.39, 0.29) is 5.69 Å². The van der Waals surface area contributed by atoms with E-state index in [1.807, 2.05) is 6.92 Å². The number of nitro groups is 1. The molecule has 0 amide bonds. The van der Waals surface area contributed by atoms with Gasteiger partial charge in [0.25, 0.3) is 5.69 Å². The van der Waals surface area contributed by atoms with Crippen molar-refractivity contribution in [3.63, 3.8) is 0 Å². The molecule has 0 heterocycles. The summed E-state index contributed by atoms with van der Waals surface area (Å²) in [5, 5.41) is 10.5. The van der Waals surface area contributed by atoms with Crippen LogP contribution in [0.5, 0.6) is 5.75 Å². The summed E-state index contributed by atoms with van der Waals surface area (Å²) in [6, 6.07) is 5.87. The fourth-order valence-electron chi connectivity index (χ4n) is 1.11. The molecule has 1 rings (SSSR count). The number of benzene rings is 1. The van der Waals surface area contributed by atoms with Gasteiger partial charge in [0.1, 0.15) is 6.66 Å². The summed E-state index contributed by atoms with van der Waals surface area (Å²) in [6.07, 6.45) is 0.889. The molecule has 1 unspecified atom stereocenters. The van der Waals surface area contributed by atoms with Crippen LogP contribution in [0.3, 0.4) is 0 Å². The average Bonchev–Trinajstić information content (AvgIpc) is 2.26. The van der Waals surface area contributed by atoms with Crippen LogP contribution in [0, 0.1) is 10.1 Å². The summed E-state index contributed by atoms with van der Waals surface area (Å²) in [4.78, 5) is 10.0. The van der Waals surface area contributed by atoms with Gasteiger partial charge in [0.15, 0.2) is 5.75 Å². The third kappa shape index (κ3) is 4.89. The molecule has 0 saturated carbocycles. The topological polar surface area (TPSA) is 61.6 Å². The van der Waals surface area contributed by atoms with Crippen molar-refractivity contribution < 1.29 is 14.0 Å². The van der Waals surface area contributed by atoms with E-state index >= 15 is 0 Å². The van der Waals surface area contributed by atoms with Crippen molar-refractivity contribution >= 4 is 24.9 Å². The van der Waals surface area contributed by atoms with E-state index < -0.39 is 11.8 Å². The Labute approximate surface area is 106 Å². The van der Waals surface area contributed by atoms with Crippen molar-refractivity contribution in [3.05, 3.63) is 34.4 Å². The monoisotopic (exact) mass is 276 g/mol. The van der Waals surface area contributed by atoms with E-state index in [9.17, 15) is 10.1 Å². The van der Waals surface area contributed by atoms with Gasteiger partial charge in [-0.25, -0.2) is 0 Å². The molecule has 94 valence electrons. The van der Waals surface area contributed by atoms with Crippen LogP contribution in [-0.4, -0.2) is 18.2 Å². The molecule has 0 aliphatic carbocycles. The maximum Gasteiger partial charge on any atom is 0.373 e. The van der Waals surface area contributed by atoms with E-state index in [1.54, 1.807) is 18.8 Å². The highest BCUT2D eigenvalue weighted by Gasteiger charge is 2.32. The van der Waals surface area contributed by atoms with Gasteiger partial charge in [-0.1, -0.05) is 6.92 Å². The molecule has 5 nitrogen and oxygen atoms in total. The fourth-order valence-corrected chi connectivity index (χ4v) is 2.73. The Balaban J connectivity index is 2.65. The number of hydrogen-bond donors (Lipinski definition) is 1. The van der Waals surface area contributed by atoms with Gasteiger partial charge in [0, 0.05) is 12.1 Å². The lowest BCUT2D eigenvalue weighted by molar-refractivity contribution is -0.384. The summed E-state index contributed by atoms with van der Waals surface area (Å²) >= 11 is 4.33. The molecule has 0 N–H and O–H groups in total. The van der Waals surface area contributed by atoms with Crippen LogP contribution >= 0.6 is 19.2 Å². The Kier molecular flexibility index (Phi) is 5.18. The molecule has 1 atom stereocenters. The molecule has 0 aliphatic rings. The molecular weight excluding hydrogens is 261 g/mol. The van der Waals surface area contributed by atoms with Crippen LogP contribution in [0.15, 0.2) is 24.3 Å². The van der Waals surface area contributed by atoms with Crippen LogP contribution in [0.1, 0.15) is 13.3 Å². The zero-order chi connectivity index (χ0) is 12.9. The minimum absolute atomic E-state index is 0.0334. The fraction of sp³-hybridized carbons (Fsp3) is 0.400. The second-order valence-electron chi connectivity index (χ2n) is 3.48. The van der Waals surface area contributed by atoms with Crippen molar-refractivity contribution in [3.8, 4) is 5.75 Å². The van der Waals surface area contributed by atoms with Gasteiger partial charge in [-0.05, 0) is 18.6 Å². The zero-order valence-corrected chi connectivity index (χ0v) is 11.5. The van der Waals surface area contributed by atoms with Crippen LogP contribution in [0.4, 0.5) is 5.69 Å². The lowest BCUT2D eigenvalue weighted by atomic mass is 10.3. The van der Waals surface area contributed by atoms with Gasteiger partial charge < -0.3 is 4.52 Å². The first-order chi connectivity index (χ1) is 7.94. The molecule has 0 aromatic heterocycles. The Bertz CT molecular complexity index is 382.